The number of carbonyl (C=O) groups is 1. The number of hydroxylamine groups is 1. The molecule has 1 heterocycles. The van der Waals surface area contributed by atoms with Crippen molar-refractivity contribution in [1.29, 1.82) is 0 Å². The van der Waals surface area contributed by atoms with Crippen LogP contribution in [0.15, 0.2) is 72.9 Å². The average Bonchev–Trinajstić information content (AvgIpc) is 2.69. The molecule has 0 aliphatic carbocycles. The molecule has 1 aromatic heterocycles. The first kappa shape index (κ1) is 16.6. The van der Waals surface area contributed by atoms with Crippen molar-refractivity contribution in [3.05, 3.63) is 78.5 Å². The van der Waals surface area contributed by atoms with Gasteiger partial charge in [0.25, 0.3) is 5.91 Å². The molecule has 0 radical (unpaired) electrons. The third kappa shape index (κ3) is 4.86. The van der Waals surface area contributed by atoms with E-state index < -0.39 is 0 Å². The third-order valence-electron chi connectivity index (χ3n) is 3.35. The molecule has 0 spiro atoms. The number of nitrogens with one attached hydrogen (secondary N) is 1. The molecule has 126 valence electrons. The fourth-order valence-corrected chi connectivity index (χ4v) is 2.13. The van der Waals surface area contributed by atoms with Crippen LogP contribution in [0.2, 0.25) is 0 Å². The van der Waals surface area contributed by atoms with Crippen molar-refractivity contribution in [2.45, 2.75) is 0 Å². The fraction of sp³-hybridized carbons (Fsp3) is 0.105. The lowest BCUT2D eigenvalue weighted by molar-refractivity contribution is 0.0200. The van der Waals surface area contributed by atoms with Gasteiger partial charge >= 0.3 is 0 Å². The number of rotatable bonds is 7. The number of nitrogens with zero attached hydrogens (tertiary/aromatic N) is 2. The lowest BCUT2D eigenvalue weighted by atomic mass is 10.1. The Labute approximate surface area is 145 Å². The molecule has 1 amide bonds. The van der Waals surface area contributed by atoms with E-state index in [4.69, 9.17) is 9.57 Å². The predicted molar refractivity (Wildman–Crippen MR) is 92.8 cm³/mol. The van der Waals surface area contributed by atoms with E-state index in [-0.39, 0.29) is 12.5 Å². The molecule has 3 aromatic rings. The molecule has 6 heteroatoms. The maximum absolute atomic E-state index is 12.1. The van der Waals surface area contributed by atoms with Gasteiger partial charge in [0, 0.05) is 5.56 Å². The number of para-hydroxylation sites is 1. The summed E-state index contributed by atoms with van der Waals surface area (Å²) >= 11 is 0. The second-order valence-electron chi connectivity index (χ2n) is 5.14. The molecule has 0 atom stereocenters. The summed E-state index contributed by atoms with van der Waals surface area (Å²) in [7, 11) is 0. The summed E-state index contributed by atoms with van der Waals surface area (Å²) in [5.74, 6) is 0.370. The second-order valence-corrected chi connectivity index (χ2v) is 5.14. The Bertz CT molecular complexity index is 810. The molecule has 0 saturated carbocycles. The Kier molecular flexibility index (Phi) is 5.68. The summed E-state index contributed by atoms with van der Waals surface area (Å²) in [6.07, 6.45) is 1.39. The molecular weight excluding hydrogens is 318 g/mol. The van der Waals surface area contributed by atoms with Crippen LogP contribution in [0.5, 0.6) is 5.75 Å². The van der Waals surface area contributed by atoms with E-state index in [9.17, 15) is 4.79 Å². The molecule has 1 N–H and O–H groups in total. The topological polar surface area (TPSA) is 73.3 Å². The van der Waals surface area contributed by atoms with Crippen LogP contribution in [0.3, 0.4) is 0 Å². The molecular formula is C19H17N3O3. The SMILES string of the molecule is O=C(NOCCOc1ccccc1)c1cnnc(-c2ccccc2)c1. The van der Waals surface area contributed by atoms with Crippen molar-refractivity contribution >= 4 is 5.91 Å². The van der Waals surface area contributed by atoms with Crippen LogP contribution < -0.4 is 10.2 Å². The molecule has 0 unspecified atom stereocenters. The monoisotopic (exact) mass is 335 g/mol. The zero-order valence-electron chi connectivity index (χ0n) is 13.5. The molecule has 0 aliphatic rings. The van der Waals surface area contributed by atoms with E-state index in [1.165, 1.54) is 6.20 Å². The molecule has 6 nitrogen and oxygen atoms in total. The van der Waals surface area contributed by atoms with Crippen LogP contribution in [-0.2, 0) is 4.84 Å². The molecule has 0 fully saturated rings. The average molecular weight is 335 g/mol. The number of ether oxygens (including phenoxy) is 1. The minimum Gasteiger partial charge on any atom is -0.491 e. The number of hydrogen-bond acceptors (Lipinski definition) is 5. The molecule has 2 aromatic carbocycles. The summed E-state index contributed by atoms with van der Waals surface area (Å²) in [4.78, 5) is 17.3. The largest absolute Gasteiger partial charge is 0.491 e. The van der Waals surface area contributed by atoms with Gasteiger partial charge in [-0.15, -0.1) is 0 Å². The Morgan fingerprint density at radius 3 is 2.44 bits per heavy atom. The highest BCUT2D eigenvalue weighted by Gasteiger charge is 2.09. The van der Waals surface area contributed by atoms with E-state index in [2.05, 4.69) is 15.7 Å². The Balaban J connectivity index is 1.48. The van der Waals surface area contributed by atoms with Crippen molar-refractivity contribution in [2.75, 3.05) is 13.2 Å². The first-order valence-corrected chi connectivity index (χ1v) is 7.81. The van der Waals surface area contributed by atoms with Gasteiger partial charge < -0.3 is 4.74 Å². The molecule has 0 aliphatic heterocycles. The van der Waals surface area contributed by atoms with Crippen molar-refractivity contribution in [3.63, 3.8) is 0 Å². The highest BCUT2D eigenvalue weighted by atomic mass is 16.7. The summed E-state index contributed by atoms with van der Waals surface area (Å²) in [6, 6.07) is 20.6. The summed E-state index contributed by atoms with van der Waals surface area (Å²) in [6.45, 7) is 0.554. The normalized spacial score (nSPS) is 10.2. The highest BCUT2D eigenvalue weighted by molar-refractivity contribution is 5.94. The molecule has 3 rings (SSSR count). The molecule has 25 heavy (non-hydrogen) atoms. The van der Waals surface area contributed by atoms with Crippen molar-refractivity contribution < 1.29 is 14.4 Å². The molecule has 0 bridgehead atoms. The van der Waals surface area contributed by atoms with Gasteiger partial charge in [-0.25, -0.2) is 5.48 Å². The van der Waals surface area contributed by atoms with Gasteiger partial charge in [-0.05, 0) is 18.2 Å². The van der Waals surface area contributed by atoms with Gasteiger partial charge in [0.2, 0.25) is 0 Å². The van der Waals surface area contributed by atoms with E-state index >= 15 is 0 Å². The van der Waals surface area contributed by atoms with Crippen molar-refractivity contribution in [2.24, 2.45) is 0 Å². The van der Waals surface area contributed by atoms with Crippen LogP contribution in [0, 0.1) is 0 Å². The Morgan fingerprint density at radius 1 is 0.960 bits per heavy atom. The fourth-order valence-electron chi connectivity index (χ4n) is 2.13. The number of hydrogen-bond donors (Lipinski definition) is 1. The smallest absolute Gasteiger partial charge is 0.276 e. The number of aromatic nitrogens is 2. The van der Waals surface area contributed by atoms with Gasteiger partial charge in [-0.2, -0.15) is 10.2 Å². The van der Waals surface area contributed by atoms with Gasteiger partial charge in [-0.3, -0.25) is 9.63 Å². The first-order valence-electron chi connectivity index (χ1n) is 7.81. The minimum atomic E-state index is -0.383. The van der Waals surface area contributed by atoms with Crippen LogP contribution in [-0.4, -0.2) is 29.3 Å². The predicted octanol–water partition coefficient (Wildman–Crippen LogP) is 2.88. The second kappa shape index (κ2) is 8.56. The van der Waals surface area contributed by atoms with Gasteiger partial charge in [0.15, 0.2) is 0 Å². The Hall–Kier alpha value is -3.25. The maximum atomic E-state index is 12.1. The Morgan fingerprint density at radius 2 is 1.68 bits per heavy atom. The number of amides is 1. The zero-order chi connectivity index (χ0) is 17.3. The van der Waals surface area contributed by atoms with Crippen molar-refractivity contribution in [3.8, 4) is 17.0 Å². The van der Waals surface area contributed by atoms with Crippen LogP contribution in [0.25, 0.3) is 11.3 Å². The van der Waals surface area contributed by atoms with E-state index in [1.54, 1.807) is 6.07 Å². The lowest BCUT2D eigenvalue weighted by Crippen LogP contribution is -2.26. The van der Waals surface area contributed by atoms with E-state index in [1.807, 2.05) is 60.7 Å². The van der Waals surface area contributed by atoms with Gasteiger partial charge in [0.1, 0.15) is 19.0 Å². The number of carbonyl (C=O) groups excluding carboxylic acids is 1. The number of benzene rings is 2. The van der Waals surface area contributed by atoms with Crippen molar-refractivity contribution in [1.82, 2.24) is 15.7 Å². The van der Waals surface area contributed by atoms with Gasteiger partial charge in [0.05, 0.1) is 17.5 Å². The first-order chi connectivity index (χ1) is 12.3. The quantitative estimate of drug-likeness (QED) is 0.531. The standard InChI is InChI=1S/C19H17N3O3/c23-19(22-25-12-11-24-17-9-5-2-6-10-17)16-13-18(21-20-14-16)15-7-3-1-4-8-15/h1-10,13-14H,11-12H2,(H,22,23). The highest BCUT2D eigenvalue weighted by Crippen LogP contribution is 2.16. The summed E-state index contributed by atoms with van der Waals surface area (Å²) in [5.41, 5.74) is 4.27. The van der Waals surface area contributed by atoms with E-state index in [0.717, 1.165) is 11.3 Å². The minimum absolute atomic E-state index is 0.227. The van der Waals surface area contributed by atoms with Crippen LogP contribution in [0.1, 0.15) is 10.4 Å². The van der Waals surface area contributed by atoms with Crippen LogP contribution in [0.4, 0.5) is 0 Å². The third-order valence-corrected chi connectivity index (χ3v) is 3.35. The summed E-state index contributed by atoms with van der Waals surface area (Å²) < 4.78 is 5.47. The maximum Gasteiger partial charge on any atom is 0.276 e. The summed E-state index contributed by atoms with van der Waals surface area (Å²) in [5, 5.41) is 7.92. The van der Waals surface area contributed by atoms with Crippen LogP contribution >= 0.6 is 0 Å². The van der Waals surface area contributed by atoms with Gasteiger partial charge in [-0.1, -0.05) is 48.5 Å². The zero-order valence-corrected chi connectivity index (χ0v) is 13.5. The lowest BCUT2D eigenvalue weighted by Gasteiger charge is -2.08. The van der Waals surface area contributed by atoms with E-state index in [0.29, 0.717) is 17.9 Å². The molecule has 0 saturated heterocycles.